The number of benzene rings is 1. The van der Waals surface area contributed by atoms with Crippen molar-refractivity contribution in [2.75, 3.05) is 5.32 Å². The monoisotopic (exact) mass is 368 g/mol. The molecule has 0 atom stereocenters. The van der Waals surface area contributed by atoms with E-state index in [0.29, 0.717) is 16.1 Å². The minimum atomic E-state index is -0.448. The van der Waals surface area contributed by atoms with E-state index in [9.17, 15) is 14.9 Å². The molecule has 2 aromatic rings. The first-order valence-electron chi connectivity index (χ1n) is 6.12. The van der Waals surface area contributed by atoms with E-state index in [0.717, 1.165) is 14.9 Å². The molecule has 21 heavy (non-hydrogen) atoms. The lowest BCUT2D eigenvalue weighted by Crippen LogP contribution is -2.11. The number of anilines is 1. The number of hydrogen-bond donors (Lipinski definition) is 1. The zero-order chi connectivity index (χ0) is 15.7. The Bertz CT molecular complexity index is 721. The average Bonchev–Trinajstić information content (AvgIpc) is 2.72. The van der Waals surface area contributed by atoms with E-state index in [4.69, 9.17) is 0 Å². The van der Waals surface area contributed by atoms with Gasteiger partial charge in [-0.3, -0.25) is 14.9 Å². The number of hydrogen-bond acceptors (Lipinski definition) is 4. The van der Waals surface area contributed by atoms with Crippen molar-refractivity contribution in [1.82, 2.24) is 0 Å². The number of nitro benzene ring substituents is 1. The van der Waals surface area contributed by atoms with Crippen LogP contribution in [0.4, 0.5) is 11.4 Å². The summed E-state index contributed by atoms with van der Waals surface area (Å²) in [6.45, 7) is 5.39. The number of carbonyl (C=O) groups is 1. The Kier molecular flexibility index (Phi) is 4.43. The summed E-state index contributed by atoms with van der Waals surface area (Å²) in [6, 6.07) is 4.88. The van der Waals surface area contributed by atoms with Gasteiger partial charge in [-0.25, -0.2) is 0 Å². The molecule has 0 saturated carbocycles. The number of amides is 1. The first-order chi connectivity index (χ1) is 9.79. The van der Waals surface area contributed by atoms with Gasteiger partial charge in [-0.15, -0.1) is 11.3 Å². The molecule has 0 spiro atoms. The molecule has 0 saturated heterocycles. The van der Waals surface area contributed by atoms with E-state index in [-0.39, 0.29) is 11.6 Å². The van der Waals surface area contributed by atoms with E-state index in [1.165, 1.54) is 17.4 Å². The van der Waals surface area contributed by atoms with Gasteiger partial charge in [-0.2, -0.15) is 0 Å². The highest BCUT2D eigenvalue weighted by Gasteiger charge is 2.17. The van der Waals surface area contributed by atoms with Gasteiger partial charge in [-0.1, -0.05) is 0 Å². The molecule has 1 heterocycles. The Labute approximate surface area is 134 Å². The lowest BCUT2D eigenvalue weighted by atomic mass is 10.1. The molecule has 110 valence electrons. The van der Waals surface area contributed by atoms with E-state index < -0.39 is 4.92 Å². The molecule has 1 aromatic carbocycles. The van der Waals surface area contributed by atoms with Gasteiger partial charge in [0.25, 0.3) is 11.6 Å². The van der Waals surface area contributed by atoms with E-state index >= 15 is 0 Å². The van der Waals surface area contributed by atoms with Gasteiger partial charge in [0.05, 0.1) is 19.3 Å². The standard InChI is InChI=1S/C14H13BrN2O3S/c1-7-4-8(2)11(17(19)20)6-10(7)16-14(18)12-5-9(3)13(15)21-12/h4-6H,1-3H3,(H,16,18). The molecule has 0 fully saturated rings. The largest absolute Gasteiger partial charge is 0.321 e. The van der Waals surface area contributed by atoms with Crippen molar-refractivity contribution in [3.63, 3.8) is 0 Å². The van der Waals surface area contributed by atoms with Gasteiger partial charge < -0.3 is 5.32 Å². The van der Waals surface area contributed by atoms with Gasteiger partial charge in [0.1, 0.15) is 0 Å². The van der Waals surface area contributed by atoms with Crippen LogP contribution in [-0.4, -0.2) is 10.8 Å². The van der Waals surface area contributed by atoms with Crippen LogP contribution < -0.4 is 5.32 Å². The first-order valence-corrected chi connectivity index (χ1v) is 7.73. The quantitative estimate of drug-likeness (QED) is 0.635. The number of carbonyl (C=O) groups excluding carboxylic acids is 1. The summed E-state index contributed by atoms with van der Waals surface area (Å²) in [4.78, 5) is 23.3. The average molecular weight is 369 g/mol. The van der Waals surface area contributed by atoms with Crippen LogP contribution in [0.5, 0.6) is 0 Å². The number of nitro groups is 1. The van der Waals surface area contributed by atoms with Crippen molar-refractivity contribution in [3.05, 3.63) is 53.7 Å². The number of nitrogens with zero attached hydrogens (tertiary/aromatic N) is 1. The summed E-state index contributed by atoms with van der Waals surface area (Å²) in [5, 5.41) is 13.7. The molecule has 1 amide bonds. The second-order valence-electron chi connectivity index (χ2n) is 4.73. The van der Waals surface area contributed by atoms with Crippen molar-refractivity contribution < 1.29 is 9.72 Å². The maximum Gasteiger partial charge on any atom is 0.274 e. The fraction of sp³-hybridized carbons (Fsp3) is 0.214. The Hall–Kier alpha value is -1.73. The van der Waals surface area contributed by atoms with Gasteiger partial charge in [0.2, 0.25) is 0 Å². The molecular weight excluding hydrogens is 356 g/mol. The summed E-state index contributed by atoms with van der Waals surface area (Å²) in [5.41, 5.74) is 2.81. The van der Waals surface area contributed by atoms with Gasteiger partial charge >= 0.3 is 0 Å². The molecule has 0 radical (unpaired) electrons. The molecule has 5 nitrogen and oxygen atoms in total. The Morgan fingerprint density at radius 2 is 1.86 bits per heavy atom. The van der Waals surface area contributed by atoms with Crippen molar-refractivity contribution in [3.8, 4) is 0 Å². The number of halogens is 1. The molecule has 0 unspecified atom stereocenters. The van der Waals surface area contributed by atoms with Crippen LogP contribution in [0, 0.1) is 30.9 Å². The smallest absolute Gasteiger partial charge is 0.274 e. The summed E-state index contributed by atoms with van der Waals surface area (Å²) in [6.07, 6.45) is 0. The maximum atomic E-state index is 12.2. The van der Waals surface area contributed by atoms with E-state index in [2.05, 4.69) is 21.2 Å². The minimum absolute atomic E-state index is 0.000518. The van der Waals surface area contributed by atoms with Crippen LogP contribution >= 0.6 is 27.3 Å². The maximum absolute atomic E-state index is 12.2. The number of aryl methyl sites for hydroxylation is 3. The lowest BCUT2D eigenvalue weighted by Gasteiger charge is -2.08. The van der Waals surface area contributed by atoms with E-state index in [1.807, 2.05) is 13.8 Å². The highest BCUT2D eigenvalue weighted by atomic mass is 79.9. The fourth-order valence-corrected chi connectivity index (χ4v) is 3.36. The molecular formula is C14H13BrN2O3S. The van der Waals surface area contributed by atoms with Crippen LogP contribution in [-0.2, 0) is 0 Å². The van der Waals surface area contributed by atoms with Crippen molar-refractivity contribution in [2.24, 2.45) is 0 Å². The highest BCUT2D eigenvalue weighted by molar-refractivity contribution is 9.11. The zero-order valence-corrected chi connectivity index (χ0v) is 14.1. The second kappa shape index (κ2) is 5.95. The van der Waals surface area contributed by atoms with Crippen LogP contribution in [0.25, 0.3) is 0 Å². The van der Waals surface area contributed by atoms with Crippen molar-refractivity contribution >= 4 is 44.5 Å². The second-order valence-corrected chi connectivity index (χ2v) is 7.10. The zero-order valence-electron chi connectivity index (χ0n) is 11.7. The van der Waals surface area contributed by atoms with Crippen LogP contribution in [0.2, 0.25) is 0 Å². The normalized spacial score (nSPS) is 10.5. The molecule has 0 aliphatic carbocycles. The van der Waals surface area contributed by atoms with Crippen molar-refractivity contribution in [1.29, 1.82) is 0 Å². The SMILES string of the molecule is Cc1cc(C)c([N+](=O)[O-])cc1NC(=O)c1cc(C)c(Br)s1. The van der Waals surface area contributed by atoms with Crippen LogP contribution in [0.3, 0.4) is 0 Å². The number of nitrogens with one attached hydrogen (secondary N) is 1. The summed E-state index contributed by atoms with van der Waals surface area (Å²) < 4.78 is 0.902. The predicted octanol–water partition coefficient (Wildman–Crippen LogP) is 4.60. The third-order valence-electron chi connectivity index (χ3n) is 3.07. The Morgan fingerprint density at radius 3 is 2.38 bits per heavy atom. The third kappa shape index (κ3) is 3.30. The minimum Gasteiger partial charge on any atom is -0.321 e. The van der Waals surface area contributed by atoms with Gasteiger partial charge in [0, 0.05) is 11.6 Å². The molecule has 1 aromatic heterocycles. The summed E-state index contributed by atoms with van der Waals surface area (Å²) in [7, 11) is 0. The molecule has 1 N–H and O–H groups in total. The fourth-order valence-electron chi connectivity index (χ4n) is 1.93. The Balaban J connectivity index is 2.33. The first kappa shape index (κ1) is 15.7. The lowest BCUT2D eigenvalue weighted by molar-refractivity contribution is -0.385. The van der Waals surface area contributed by atoms with E-state index in [1.54, 1.807) is 19.1 Å². The predicted molar refractivity (Wildman–Crippen MR) is 87.3 cm³/mol. The summed E-state index contributed by atoms with van der Waals surface area (Å²) >= 11 is 4.71. The van der Waals surface area contributed by atoms with Crippen molar-refractivity contribution in [2.45, 2.75) is 20.8 Å². The van der Waals surface area contributed by atoms with Gasteiger partial charge in [0.15, 0.2) is 0 Å². The van der Waals surface area contributed by atoms with Crippen LogP contribution in [0.1, 0.15) is 26.4 Å². The molecule has 0 bridgehead atoms. The van der Waals surface area contributed by atoms with Gasteiger partial charge in [-0.05, 0) is 60.0 Å². The third-order valence-corrected chi connectivity index (χ3v) is 5.20. The molecule has 0 aliphatic rings. The molecule has 7 heteroatoms. The number of rotatable bonds is 3. The highest BCUT2D eigenvalue weighted by Crippen LogP contribution is 2.30. The molecule has 0 aliphatic heterocycles. The summed E-state index contributed by atoms with van der Waals surface area (Å²) in [5.74, 6) is -0.268. The molecule has 2 rings (SSSR count). The Morgan fingerprint density at radius 1 is 1.19 bits per heavy atom. The number of thiophene rings is 1. The van der Waals surface area contributed by atoms with Crippen LogP contribution in [0.15, 0.2) is 22.0 Å². The topological polar surface area (TPSA) is 72.2 Å².